The normalized spacial score (nSPS) is 10.6. The number of carbonyl (C=O) groups excluding carboxylic acids is 1. The van der Waals surface area contributed by atoms with Crippen molar-refractivity contribution in [1.29, 1.82) is 0 Å². The van der Waals surface area contributed by atoms with Gasteiger partial charge in [0.15, 0.2) is 0 Å². The van der Waals surface area contributed by atoms with E-state index in [0.717, 1.165) is 23.4 Å². The summed E-state index contributed by atoms with van der Waals surface area (Å²) in [6.07, 6.45) is 1.86. The van der Waals surface area contributed by atoms with E-state index in [0.29, 0.717) is 0 Å². The maximum Gasteiger partial charge on any atom is 0.251 e. The quantitative estimate of drug-likeness (QED) is 0.888. The van der Waals surface area contributed by atoms with Crippen LogP contribution < -0.4 is 10.6 Å². The number of aromatic nitrogens is 1. The highest BCUT2D eigenvalue weighted by Gasteiger charge is 2.10. The minimum Gasteiger partial charge on any atom is -0.380 e. The first-order chi connectivity index (χ1) is 9.56. The summed E-state index contributed by atoms with van der Waals surface area (Å²) in [6, 6.07) is 5.94. The topological polar surface area (TPSA) is 54.0 Å². The molecule has 1 aromatic carbocycles. The molecule has 106 valence electrons. The summed E-state index contributed by atoms with van der Waals surface area (Å²) < 4.78 is 0. The first-order valence-electron chi connectivity index (χ1n) is 6.59. The average molecular weight is 289 g/mol. The van der Waals surface area contributed by atoms with Crippen LogP contribution in [0.1, 0.15) is 34.6 Å². The van der Waals surface area contributed by atoms with Crippen molar-refractivity contribution in [2.75, 3.05) is 5.32 Å². The van der Waals surface area contributed by atoms with Crippen molar-refractivity contribution < 1.29 is 4.79 Å². The van der Waals surface area contributed by atoms with E-state index in [1.807, 2.05) is 50.7 Å². The van der Waals surface area contributed by atoms with Gasteiger partial charge < -0.3 is 10.6 Å². The van der Waals surface area contributed by atoms with E-state index in [1.54, 1.807) is 11.3 Å². The van der Waals surface area contributed by atoms with Gasteiger partial charge in [0.25, 0.3) is 5.91 Å². The summed E-state index contributed by atoms with van der Waals surface area (Å²) in [5, 5.41) is 6.24. The highest BCUT2D eigenvalue weighted by Crippen LogP contribution is 2.17. The Morgan fingerprint density at radius 2 is 2.20 bits per heavy atom. The SMILES string of the molecule is Cc1cc(NCc2cncs2)ccc1C(=O)NC(C)C. The van der Waals surface area contributed by atoms with E-state index in [9.17, 15) is 4.79 Å². The summed E-state index contributed by atoms with van der Waals surface area (Å²) in [5.41, 5.74) is 4.53. The maximum absolute atomic E-state index is 12.0. The summed E-state index contributed by atoms with van der Waals surface area (Å²) in [7, 11) is 0. The molecule has 20 heavy (non-hydrogen) atoms. The van der Waals surface area contributed by atoms with Crippen LogP contribution in [-0.2, 0) is 6.54 Å². The minimum atomic E-state index is -0.0218. The Bertz CT molecular complexity index is 579. The van der Waals surface area contributed by atoms with Gasteiger partial charge in [-0.25, -0.2) is 0 Å². The number of thiazole rings is 1. The molecule has 0 radical (unpaired) electrons. The summed E-state index contributed by atoms with van der Waals surface area (Å²) >= 11 is 1.62. The number of aryl methyl sites for hydroxylation is 1. The van der Waals surface area contributed by atoms with Crippen molar-refractivity contribution in [2.24, 2.45) is 0 Å². The Kier molecular flexibility index (Phi) is 4.74. The molecular weight excluding hydrogens is 270 g/mol. The molecule has 0 atom stereocenters. The number of hydrogen-bond acceptors (Lipinski definition) is 4. The van der Waals surface area contributed by atoms with Gasteiger partial charge >= 0.3 is 0 Å². The number of nitrogens with one attached hydrogen (secondary N) is 2. The van der Waals surface area contributed by atoms with Crippen molar-refractivity contribution in [3.63, 3.8) is 0 Å². The van der Waals surface area contributed by atoms with E-state index in [-0.39, 0.29) is 11.9 Å². The molecular formula is C15H19N3OS. The number of amides is 1. The fraction of sp³-hybridized carbons (Fsp3) is 0.333. The minimum absolute atomic E-state index is 0.0218. The Labute approximate surface area is 123 Å². The lowest BCUT2D eigenvalue weighted by atomic mass is 10.1. The third-order valence-corrected chi connectivity index (χ3v) is 3.62. The molecule has 0 aliphatic rings. The second-order valence-electron chi connectivity index (χ2n) is 4.98. The van der Waals surface area contributed by atoms with Gasteiger partial charge in [-0.15, -0.1) is 11.3 Å². The van der Waals surface area contributed by atoms with E-state index in [1.165, 1.54) is 4.88 Å². The van der Waals surface area contributed by atoms with Gasteiger partial charge in [-0.2, -0.15) is 0 Å². The smallest absolute Gasteiger partial charge is 0.251 e. The molecule has 0 saturated carbocycles. The molecule has 0 spiro atoms. The Balaban J connectivity index is 2.03. The molecule has 2 N–H and O–H groups in total. The standard InChI is InChI=1S/C15H19N3OS/c1-10(2)18-15(19)14-5-4-12(6-11(14)3)17-8-13-7-16-9-20-13/h4-7,9-10,17H,8H2,1-3H3,(H,18,19). The fourth-order valence-corrected chi connectivity index (χ4v) is 2.42. The zero-order chi connectivity index (χ0) is 14.5. The molecule has 2 aromatic rings. The zero-order valence-electron chi connectivity index (χ0n) is 11.9. The lowest BCUT2D eigenvalue weighted by Gasteiger charge is -2.12. The van der Waals surface area contributed by atoms with Crippen molar-refractivity contribution in [2.45, 2.75) is 33.4 Å². The van der Waals surface area contributed by atoms with Crippen molar-refractivity contribution in [3.8, 4) is 0 Å². The van der Waals surface area contributed by atoms with Gasteiger partial charge in [0, 0.05) is 28.4 Å². The Morgan fingerprint density at radius 1 is 1.40 bits per heavy atom. The third kappa shape index (κ3) is 3.81. The van der Waals surface area contributed by atoms with Crippen LogP contribution in [0.5, 0.6) is 0 Å². The van der Waals surface area contributed by atoms with Crippen LogP contribution in [0.4, 0.5) is 5.69 Å². The molecule has 1 amide bonds. The largest absolute Gasteiger partial charge is 0.380 e. The Hall–Kier alpha value is -1.88. The number of carbonyl (C=O) groups is 1. The van der Waals surface area contributed by atoms with Gasteiger partial charge in [-0.3, -0.25) is 9.78 Å². The number of rotatable bonds is 5. The predicted molar refractivity (Wildman–Crippen MR) is 83.2 cm³/mol. The average Bonchev–Trinajstić information content (AvgIpc) is 2.88. The lowest BCUT2D eigenvalue weighted by molar-refractivity contribution is 0.0942. The highest BCUT2D eigenvalue weighted by molar-refractivity contribution is 7.09. The number of hydrogen-bond donors (Lipinski definition) is 2. The second kappa shape index (κ2) is 6.52. The van der Waals surface area contributed by atoms with Crippen LogP contribution in [0.15, 0.2) is 29.9 Å². The van der Waals surface area contributed by atoms with Gasteiger partial charge in [0.2, 0.25) is 0 Å². The van der Waals surface area contributed by atoms with Gasteiger partial charge in [0.1, 0.15) is 0 Å². The second-order valence-corrected chi connectivity index (χ2v) is 5.95. The number of nitrogens with zero attached hydrogens (tertiary/aromatic N) is 1. The number of benzene rings is 1. The summed E-state index contributed by atoms with van der Waals surface area (Å²) in [6.45, 7) is 6.62. The lowest BCUT2D eigenvalue weighted by Crippen LogP contribution is -2.30. The van der Waals surface area contributed by atoms with Crippen LogP contribution in [-0.4, -0.2) is 16.9 Å². The van der Waals surface area contributed by atoms with Gasteiger partial charge in [-0.1, -0.05) is 0 Å². The molecule has 0 fully saturated rings. The fourth-order valence-electron chi connectivity index (χ4n) is 1.89. The monoisotopic (exact) mass is 289 g/mol. The van der Waals surface area contributed by atoms with E-state index >= 15 is 0 Å². The van der Waals surface area contributed by atoms with Gasteiger partial charge in [0.05, 0.1) is 12.1 Å². The van der Waals surface area contributed by atoms with Crippen LogP contribution in [0.3, 0.4) is 0 Å². The zero-order valence-corrected chi connectivity index (χ0v) is 12.8. The number of anilines is 1. The Morgan fingerprint density at radius 3 is 2.80 bits per heavy atom. The van der Waals surface area contributed by atoms with Crippen LogP contribution in [0.2, 0.25) is 0 Å². The van der Waals surface area contributed by atoms with Crippen molar-refractivity contribution in [3.05, 3.63) is 45.9 Å². The van der Waals surface area contributed by atoms with E-state index in [4.69, 9.17) is 0 Å². The van der Waals surface area contributed by atoms with Crippen LogP contribution >= 0.6 is 11.3 Å². The van der Waals surface area contributed by atoms with Crippen LogP contribution in [0.25, 0.3) is 0 Å². The molecule has 1 heterocycles. The molecule has 1 aromatic heterocycles. The molecule has 0 bridgehead atoms. The van der Waals surface area contributed by atoms with E-state index < -0.39 is 0 Å². The van der Waals surface area contributed by atoms with Crippen molar-refractivity contribution in [1.82, 2.24) is 10.3 Å². The molecule has 4 nitrogen and oxygen atoms in total. The molecule has 5 heteroatoms. The predicted octanol–water partition coefficient (Wildman–Crippen LogP) is 3.20. The first kappa shape index (κ1) is 14.5. The first-order valence-corrected chi connectivity index (χ1v) is 7.47. The molecule has 0 aliphatic heterocycles. The highest BCUT2D eigenvalue weighted by atomic mass is 32.1. The van der Waals surface area contributed by atoms with Crippen molar-refractivity contribution >= 4 is 22.9 Å². The third-order valence-electron chi connectivity index (χ3n) is 2.84. The molecule has 2 rings (SSSR count). The van der Waals surface area contributed by atoms with E-state index in [2.05, 4.69) is 15.6 Å². The summed E-state index contributed by atoms with van der Waals surface area (Å²) in [4.78, 5) is 17.2. The maximum atomic E-state index is 12.0. The summed E-state index contributed by atoms with van der Waals surface area (Å²) in [5.74, 6) is -0.0218. The van der Waals surface area contributed by atoms with Crippen LogP contribution in [0, 0.1) is 6.92 Å². The van der Waals surface area contributed by atoms with Gasteiger partial charge in [-0.05, 0) is 44.5 Å². The molecule has 0 saturated heterocycles. The molecule has 0 unspecified atom stereocenters. The molecule has 0 aliphatic carbocycles.